The van der Waals surface area contributed by atoms with Crippen LogP contribution < -0.4 is 5.32 Å². The summed E-state index contributed by atoms with van der Waals surface area (Å²) < 4.78 is 22.4. The number of carboxylic acids is 1. The van der Waals surface area contributed by atoms with E-state index in [1.165, 1.54) is 18.0 Å². The van der Waals surface area contributed by atoms with Crippen molar-refractivity contribution in [3.8, 4) is 0 Å². The molecule has 0 saturated carbocycles. The molecule has 1 aromatic carbocycles. The maximum atomic E-state index is 11.7. The van der Waals surface area contributed by atoms with E-state index in [2.05, 4.69) is 5.32 Å². The summed E-state index contributed by atoms with van der Waals surface area (Å²) in [6.07, 6.45) is 1.18. The van der Waals surface area contributed by atoms with Gasteiger partial charge >= 0.3 is 5.97 Å². The van der Waals surface area contributed by atoms with E-state index in [1.807, 2.05) is 6.92 Å². The average Bonchev–Trinajstić information content (AvgIpc) is 2.35. The van der Waals surface area contributed by atoms with Gasteiger partial charge in [0.05, 0.1) is 10.3 Å². The Bertz CT molecular complexity index is 624. The Morgan fingerprint density at radius 3 is 2.48 bits per heavy atom. The van der Waals surface area contributed by atoms with Gasteiger partial charge in [-0.3, -0.25) is 0 Å². The molecule has 2 N–H and O–H groups in total. The molecule has 0 aromatic heterocycles. The minimum Gasteiger partial charge on any atom is -0.478 e. The van der Waals surface area contributed by atoms with Crippen molar-refractivity contribution in [2.45, 2.75) is 30.4 Å². The van der Waals surface area contributed by atoms with Crippen molar-refractivity contribution in [2.75, 3.05) is 23.9 Å². The third kappa shape index (κ3) is 4.38. The lowest BCUT2D eigenvalue weighted by Crippen LogP contribution is -2.38. The fourth-order valence-corrected chi connectivity index (χ4v) is 2.78. The number of nitrogens with one attached hydrogen (secondary N) is 1. The van der Waals surface area contributed by atoms with Crippen LogP contribution in [-0.4, -0.2) is 42.8 Å². The molecule has 0 atom stereocenters. The highest BCUT2D eigenvalue weighted by Gasteiger charge is 2.30. The van der Waals surface area contributed by atoms with Crippen LogP contribution in [0.15, 0.2) is 23.1 Å². The smallest absolute Gasteiger partial charge is 0.338 e. The SMILES string of the molecule is CCSc1cccc(NCC(C)(C)S(C)(=O)=O)c1C(=O)O. The molecule has 0 saturated heterocycles. The van der Waals surface area contributed by atoms with Crippen LogP contribution in [0.25, 0.3) is 0 Å². The van der Waals surface area contributed by atoms with Gasteiger partial charge in [-0.1, -0.05) is 13.0 Å². The molecule has 0 aliphatic carbocycles. The van der Waals surface area contributed by atoms with E-state index in [1.54, 1.807) is 32.0 Å². The Labute approximate surface area is 130 Å². The van der Waals surface area contributed by atoms with Gasteiger partial charge in [0.1, 0.15) is 0 Å². The number of anilines is 1. The lowest BCUT2D eigenvalue weighted by molar-refractivity contribution is 0.0694. The number of carbonyl (C=O) groups is 1. The van der Waals surface area contributed by atoms with Crippen LogP contribution >= 0.6 is 11.8 Å². The first-order valence-corrected chi connectivity index (χ1v) is 9.40. The van der Waals surface area contributed by atoms with E-state index in [0.29, 0.717) is 10.6 Å². The molecule has 7 heteroatoms. The Kier molecular flexibility index (Phi) is 5.69. The summed E-state index contributed by atoms with van der Waals surface area (Å²) >= 11 is 1.44. The molecule has 0 radical (unpaired) electrons. The van der Waals surface area contributed by atoms with Crippen LogP contribution in [-0.2, 0) is 9.84 Å². The van der Waals surface area contributed by atoms with Crippen LogP contribution in [0.4, 0.5) is 5.69 Å². The van der Waals surface area contributed by atoms with Crippen LogP contribution in [0.3, 0.4) is 0 Å². The van der Waals surface area contributed by atoms with Gasteiger partial charge in [0.2, 0.25) is 0 Å². The largest absolute Gasteiger partial charge is 0.478 e. The minimum atomic E-state index is -3.24. The molecule has 1 aromatic rings. The van der Waals surface area contributed by atoms with Gasteiger partial charge in [-0.2, -0.15) is 0 Å². The summed E-state index contributed by atoms with van der Waals surface area (Å²) in [4.78, 5) is 12.1. The summed E-state index contributed by atoms with van der Waals surface area (Å²) in [6, 6.07) is 5.17. The number of aromatic carboxylic acids is 1. The molecular formula is C14H21NO4S2. The highest BCUT2D eigenvalue weighted by Crippen LogP contribution is 2.29. The van der Waals surface area contributed by atoms with Crippen molar-refractivity contribution >= 4 is 33.3 Å². The predicted molar refractivity (Wildman–Crippen MR) is 87.2 cm³/mol. The molecule has 0 spiro atoms. The number of rotatable bonds is 7. The van der Waals surface area contributed by atoms with Crippen LogP contribution in [0.2, 0.25) is 0 Å². The predicted octanol–water partition coefficient (Wildman–Crippen LogP) is 2.73. The van der Waals surface area contributed by atoms with E-state index in [4.69, 9.17) is 0 Å². The van der Waals surface area contributed by atoms with Crippen molar-refractivity contribution in [1.29, 1.82) is 0 Å². The molecule has 21 heavy (non-hydrogen) atoms. The Morgan fingerprint density at radius 1 is 1.38 bits per heavy atom. The average molecular weight is 331 g/mol. The fourth-order valence-electron chi connectivity index (χ4n) is 1.61. The molecule has 0 unspecified atom stereocenters. The first kappa shape index (κ1) is 17.8. The van der Waals surface area contributed by atoms with Gasteiger partial charge in [0.15, 0.2) is 9.84 Å². The van der Waals surface area contributed by atoms with Crippen molar-refractivity contribution in [3.63, 3.8) is 0 Å². The molecule has 5 nitrogen and oxygen atoms in total. The number of thioether (sulfide) groups is 1. The lowest BCUT2D eigenvalue weighted by atomic mass is 10.1. The van der Waals surface area contributed by atoms with E-state index in [-0.39, 0.29) is 12.1 Å². The standard InChI is InChI=1S/C14H21NO4S2/c1-5-20-11-8-6-7-10(12(11)13(16)17)15-9-14(2,3)21(4,18)19/h6-8,15H,5,9H2,1-4H3,(H,16,17). The van der Waals surface area contributed by atoms with Gasteiger partial charge in [0, 0.05) is 23.4 Å². The van der Waals surface area contributed by atoms with E-state index >= 15 is 0 Å². The zero-order valence-corrected chi connectivity index (χ0v) is 14.3. The normalized spacial score (nSPS) is 12.2. The second kappa shape index (κ2) is 6.70. The van der Waals surface area contributed by atoms with Gasteiger partial charge in [0.25, 0.3) is 0 Å². The number of sulfone groups is 1. The first-order chi connectivity index (χ1) is 9.60. The molecular weight excluding hydrogens is 310 g/mol. The Hall–Kier alpha value is -1.21. The maximum absolute atomic E-state index is 11.7. The number of hydrogen-bond acceptors (Lipinski definition) is 5. The molecule has 0 aliphatic rings. The zero-order valence-electron chi connectivity index (χ0n) is 12.6. The van der Waals surface area contributed by atoms with Gasteiger partial charge in [-0.05, 0) is 31.7 Å². The van der Waals surface area contributed by atoms with Crippen molar-refractivity contribution < 1.29 is 18.3 Å². The topological polar surface area (TPSA) is 83.5 Å². The van der Waals surface area contributed by atoms with Crippen molar-refractivity contribution in [3.05, 3.63) is 23.8 Å². The molecule has 0 bridgehead atoms. The molecule has 0 amide bonds. The third-order valence-corrected chi connectivity index (χ3v) is 6.34. The van der Waals surface area contributed by atoms with E-state index < -0.39 is 20.6 Å². The molecule has 0 aliphatic heterocycles. The molecule has 0 heterocycles. The fraction of sp³-hybridized carbons (Fsp3) is 0.500. The number of hydrogen-bond donors (Lipinski definition) is 2. The number of benzene rings is 1. The van der Waals surface area contributed by atoms with Crippen molar-refractivity contribution in [2.24, 2.45) is 0 Å². The third-order valence-electron chi connectivity index (χ3n) is 3.25. The lowest BCUT2D eigenvalue weighted by Gasteiger charge is -2.24. The summed E-state index contributed by atoms with van der Waals surface area (Å²) in [5.74, 6) is -0.260. The van der Waals surface area contributed by atoms with Crippen LogP contribution in [0.5, 0.6) is 0 Å². The summed E-state index contributed by atoms with van der Waals surface area (Å²) in [6.45, 7) is 5.32. The minimum absolute atomic E-state index is 0.145. The highest BCUT2D eigenvalue weighted by molar-refractivity contribution is 7.99. The summed E-state index contributed by atoms with van der Waals surface area (Å²) in [7, 11) is -3.24. The zero-order chi connectivity index (χ0) is 16.3. The number of carboxylic acid groups (broad SMARTS) is 1. The molecule has 0 fully saturated rings. The first-order valence-electron chi connectivity index (χ1n) is 6.52. The van der Waals surface area contributed by atoms with Gasteiger partial charge < -0.3 is 10.4 Å². The highest BCUT2D eigenvalue weighted by atomic mass is 32.2. The second-order valence-corrected chi connectivity index (χ2v) is 9.26. The monoisotopic (exact) mass is 331 g/mol. The van der Waals surface area contributed by atoms with E-state index in [0.717, 1.165) is 5.75 Å². The summed E-state index contributed by atoms with van der Waals surface area (Å²) in [5.41, 5.74) is 0.631. The van der Waals surface area contributed by atoms with Gasteiger partial charge in [-0.25, -0.2) is 13.2 Å². The Morgan fingerprint density at radius 2 is 2.00 bits per heavy atom. The summed E-state index contributed by atoms with van der Waals surface area (Å²) in [5, 5.41) is 12.4. The quantitative estimate of drug-likeness (QED) is 0.748. The van der Waals surface area contributed by atoms with Gasteiger partial charge in [-0.15, -0.1) is 11.8 Å². The van der Waals surface area contributed by atoms with Crippen LogP contribution in [0, 0.1) is 0 Å². The molecule has 118 valence electrons. The second-order valence-electron chi connectivity index (χ2n) is 5.30. The van der Waals surface area contributed by atoms with Crippen LogP contribution in [0.1, 0.15) is 31.1 Å². The Balaban J connectivity index is 3.09. The van der Waals surface area contributed by atoms with Crippen molar-refractivity contribution in [1.82, 2.24) is 0 Å². The molecule has 1 rings (SSSR count). The van der Waals surface area contributed by atoms with E-state index in [9.17, 15) is 18.3 Å². The maximum Gasteiger partial charge on any atom is 0.338 e.